The van der Waals surface area contributed by atoms with E-state index in [9.17, 15) is 9.59 Å². The summed E-state index contributed by atoms with van der Waals surface area (Å²) in [6.45, 7) is 5.78. The molecule has 6 heteroatoms. The fourth-order valence-electron chi connectivity index (χ4n) is 1.58. The van der Waals surface area contributed by atoms with Crippen molar-refractivity contribution in [3.8, 4) is 0 Å². The molecule has 1 atom stereocenters. The third-order valence-corrected chi connectivity index (χ3v) is 2.25. The van der Waals surface area contributed by atoms with Gasteiger partial charge in [-0.2, -0.15) is 0 Å². The average Bonchev–Trinajstić information content (AvgIpc) is 2.43. The first kappa shape index (κ1) is 12.8. The van der Waals surface area contributed by atoms with E-state index in [4.69, 9.17) is 9.84 Å². The maximum absolute atomic E-state index is 11.8. The van der Waals surface area contributed by atoms with E-state index in [0.717, 1.165) is 5.01 Å². The highest BCUT2D eigenvalue weighted by atomic mass is 16.6. The van der Waals surface area contributed by atoms with Gasteiger partial charge in [0.2, 0.25) is 0 Å². The highest BCUT2D eigenvalue weighted by molar-refractivity contribution is 5.80. The molecule has 1 aliphatic heterocycles. The van der Waals surface area contributed by atoms with Gasteiger partial charge in [0.05, 0.1) is 0 Å². The summed E-state index contributed by atoms with van der Waals surface area (Å²) >= 11 is 0. The summed E-state index contributed by atoms with van der Waals surface area (Å²) in [5.74, 6) is -1.00. The molecule has 92 valence electrons. The lowest BCUT2D eigenvalue weighted by atomic mass is 10.2. The lowest BCUT2D eigenvalue weighted by Crippen LogP contribution is -2.48. The number of nitrogens with zero attached hydrogens (tertiary/aromatic N) is 2. The fraction of sp³-hybridized carbons (Fsp3) is 0.800. The maximum atomic E-state index is 11.8. The smallest absolute Gasteiger partial charge is 0.425 e. The maximum Gasteiger partial charge on any atom is 0.425 e. The lowest BCUT2D eigenvalue weighted by Gasteiger charge is -2.30. The highest BCUT2D eigenvalue weighted by Gasteiger charge is 2.40. The van der Waals surface area contributed by atoms with Gasteiger partial charge in [-0.15, -0.1) is 0 Å². The van der Waals surface area contributed by atoms with Gasteiger partial charge in [0, 0.05) is 13.6 Å². The summed E-state index contributed by atoms with van der Waals surface area (Å²) in [6, 6.07) is -0.820. The van der Waals surface area contributed by atoms with Crippen molar-refractivity contribution in [3.63, 3.8) is 0 Å². The van der Waals surface area contributed by atoms with Crippen LogP contribution in [0.25, 0.3) is 0 Å². The third-order valence-electron chi connectivity index (χ3n) is 2.25. The second-order valence-corrected chi connectivity index (χ2v) is 4.85. The summed E-state index contributed by atoms with van der Waals surface area (Å²) in [7, 11) is 1.67. The monoisotopic (exact) mass is 230 g/mol. The van der Waals surface area contributed by atoms with E-state index in [0.29, 0.717) is 13.0 Å². The predicted molar refractivity (Wildman–Crippen MR) is 56.7 cm³/mol. The Hall–Kier alpha value is -1.30. The minimum absolute atomic E-state index is 0.422. The molecule has 1 rings (SSSR count). The number of amides is 1. The Balaban J connectivity index is 2.76. The molecule has 0 unspecified atom stereocenters. The van der Waals surface area contributed by atoms with Crippen LogP contribution in [0, 0.1) is 0 Å². The van der Waals surface area contributed by atoms with E-state index in [1.54, 1.807) is 32.8 Å². The molecular weight excluding hydrogens is 212 g/mol. The Morgan fingerprint density at radius 2 is 1.94 bits per heavy atom. The molecule has 0 aromatic carbocycles. The number of hydrogen-bond acceptors (Lipinski definition) is 4. The number of carboxylic acids is 1. The highest BCUT2D eigenvalue weighted by Crippen LogP contribution is 2.20. The summed E-state index contributed by atoms with van der Waals surface area (Å²) in [5.41, 5.74) is -0.621. The van der Waals surface area contributed by atoms with Crippen LogP contribution in [0.4, 0.5) is 4.79 Å². The topological polar surface area (TPSA) is 70.1 Å². The molecule has 6 nitrogen and oxygen atoms in total. The van der Waals surface area contributed by atoms with Crippen LogP contribution in [0.1, 0.15) is 27.2 Å². The van der Waals surface area contributed by atoms with Crippen LogP contribution in [-0.4, -0.2) is 52.4 Å². The molecule has 0 aromatic rings. The summed E-state index contributed by atoms with van der Waals surface area (Å²) in [4.78, 5) is 22.7. The Bertz CT molecular complexity index is 298. The van der Waals surface area contributed by atoms with E-state index in [-0.39, 0.29) is 0 Å². The molecular formula is C10H18N2O4. The van der Waals surface area contributed by atoms with E-state index >= 15 is 0 Å². The van der Waals surface area contributed by atoms with Crippen molar-refractivity contribution in [3.05, 3.63) is 0 Å². The molecule has 16 heavy (non-hydrogen) atoms. The molecule has 1 saturated heterocycles. The van der Waals surface area contributed by atoms with Crippen LogP contribution in [0.3, 0.4) is 0 Å². The van der Waals surface area contributed by atoms with Crippen molar-refractivity contribution in [1.29, 1.82) is 0 Å². The molecule has 0 spiro atoms. The van der Waals surface area contributed by atoms with Crippen LogP contribution in [0.5, 0.6) is 0 Å². The number of hydrogen-bond donors (Lipinski definition) is 1. The molecule has 1 heterocycles. The number of ether oxygens (including phenoxy) is 1. The zero-order chi connectivity index (χ0) is 12.5. The minimum atomic E-state index is -1.00. The largest absolute Gasteiger partial charge is 0.480 e. The average molecular weight is 230 g/mol. The van der Waals surface area contributed by atoms with Gasteiger partial charge in [0.25, 0.3) is 0 Å². The summed E-state index contributed by atoms with van der Waals surface area (Å²) < 4.78 is 5.15. The lowest BCUT2D eigenvalue weighted by molar-refractivity contribution is -0.145. The van der Waals surface area contributed by atoms with Crippen molar-refractivity contribution in [2.45, 2.75) is 38.8 Å². The number of carboxylic acid groups (broad SMARTS) is 1. The van der Waals surface area contributed by atoms with Gasteiger partial charge >= 0.3 is 12.1 Å². The predicted octanol–water partition coefficient (Wildman–Crippen LogP) is 0.927. The quantitative estimate of drug-likeness (QED) is 0.725. The minimum Gasteiger partial charge on any atom is -0.480 e. The zero-order valence-corrected chi connectivity index (χ0v) is 10.1. The van der Waals surface area contributed by atoms with Gasteiger partial charge in [0.15, 0.2) is 6.04 Å². The van der Waals surface area contributed by atoms with Gasteiger partial charge in [-0.1, -0.05) is 0 Å². The Morgan fingerprint density at radius 1 is 1.38 bits per heavy atom. The normalized spacial score (nSPS) is 22.2. The molecule has 0 bridgehead atoms. The van der Waals surface area contributed by atoms with Crippen molar-refractivity contribution in [1.82, 2.24) is 10.0 Å². The van der Waals surface area contributed by atoms with Crippen molar-refractivity contribution in [2.24, 2.45) is 0 Å². The number of carbonyl (C=O) groups excluding carboxylic acids is 1. The van der Waals surface area contributed by atoms with Crippen LogP contribution in [0.15, 0.2) is 0 Å². The van der Waals surface area contributed by atoms with Crippen LogP contribution < -0.4 is 0 Å². The molecule has 0 aromatic heterocycles. The van der Waals surface area contributed by atoms with E-state index < -0.39 is 23.7 Å². The van der Waals surface area contributed by atoms with E-state index in [1.165, 1.54) is 0 Å². The van der Waals surface area contributed by atoms with E-state index in [2.05, 4.69) is 0 Å². The summed E-state index contributed by atoms with van der Waals surface area (Å²) in [6.07, 6.45) is -0.190. The van der Waals surface area contributed by atoms with Gasteiger partial charge < -0.3 is 9.84 Å². The molecule has 1 N–H and O–H groups in total. The zero-order valence-electron chi connectivity index (χ0n) is 10.1. The Morgan fingerprint density at radius 3 is 2.38 bits per heavy atom. The Labute approximate surface area is 94.7 Å². The van der Waals surface area contributed by atoms with Gasteiger partial charge in [-0.3, -0.25) is 0 Å². The van der Waals surface area contributed by atoms with Crippen LogP contribution >= 0.6 is 0 Å². The molecule has 1 fully saturated rings. The van der Waals surface area contributed by atoms with Crippen molar-refractivity contribution in [2.75, 3.05) is 13.6 Å². The number of aliphatic carboxylic acids is 1. The van der Waals surface area contributed by atoms with Gasteiger partial charge in [0.1, 0.15) is 5.60 Å². The Kier molecular flexibility index (Phi) is 3.42. The first-order chi connectivity index (χ1) is 7.22. The SMILES string of the molecule is CN1CC[C@@H](C(=O)O)N1C(=O)OC(C)(C)C. The number of carbonyl (C=O) groups is 2. The number of rotatable bonds is 1. The van der Waals surface area contributed by atoms with Crippen LogP contribution in [0.2, 0.25) is 0 Å². The van der Waals surface area contributed by atoms with Gasteiger partial charge in [-0.25, -0.2) is 19.6 Å². The van der Waals surface area contributed by atoms with Crippen molar-refractivity contribution >= 4 is 12.1 Å². The van der Waals surface area contributed by atoms with Crippen LogP contribution in [-0.2, 0) is 9.53 Å². The standard InChI is InChI=1S/C10H18N2O4/c1-10(2,3)16-9(15)12-7(8(13)14)5-6-11(12)4/h7H,5-6H2,1-4H3,(H,13,14)/t7-/m0/s1. The third kappa shape index (κ3) is 2.85. The molecule has 0 aliphatic carbocycles. The van der Waals surface area contributed by atoms with E-state index in [1.807, 2.05) is 0 Å². The number of hydrazine groups is 1. The molecule has 1 aliphatic rings. The van der Waals surface area contributed by atoms with Crippen molar-refractivity contribution < 1.29 is 19.4 Å². The van der Waals surface area contributed by atoms with Gasteiger partial charge in [-0.05, 0) is 27.2 Å². The first-order valence-corrected chi connectivity index (χ1v) is 5.18. The molecule has 0 saturated carbocycles. The second-order valence-electron chi connectivity index (χ2n) is 4.85. The molecule has 0 radical (unpaired) electrons. The second kappa shape index (κ2) is 4.29. The molecule has 1 amide bonds. The fourth-order valence-corrected chi connectivity index (χ4v) is 1.58. The summed E-state index contributed by atoms with van der Waals surface area (Å²) in [5, 5.41) is 11.7. The first-order valence-electron chi connectivity index (χ1n) is 5.18.